The number of Topliss-reactive ketones (excluding diaryl/α,β-unsaturated/α-hetero) is 1. The molecule has 1 amide bonds. The maximum absolute atomic E-state index is 12.2. The minimum atomic E-state index is -0.296. The summed E-state index contributed by atoms with van der Waals surface area (Å²) in [6, 6.07) is 17.7. The van der Waals surface area contributed by atoms with Crippen LogP contribution in [0.4, 0.5) is 5.69 Å². The fourth-order valence-electron chi connectivity index (χ4n) is 3.17. The van der Waals surface area contributed by atoms with Crippen LogP contribution in [0.3, 0.4) is 0 Å². The number of ether oxygens (including phenoxy) is 1. The van der Waals surface area contributed by atoms with Gasteiger partial charge in [0.15, 0.2) is 0 Å². The van der Waals surface area contributed by atoms with E-state index in [1.165, 1.54) is 5.56 Å². The summed E-state index contributed by atoms with van der Waals surface area (Å²) in [6.45, 7) is 0. The van der Waals surface area contributed by atoms with Crippen molar-refractivity contribution in [1.29, 1.82) is 0 Å². The molecule has 0 saturated carbocycles. The summed E-state index contributed by atoms with van der Waals surface area (Å²) in [6.07, 6.45) is 2.80. The second-order valence-electron chi connectivity index (χ2n) is 6.07. The van der Waals surface area contributed by atoms with Gasteiger partial charge in [0.1, 0.15) is 5.78 Å². The quantitative estimate of drug-likeness (QED) is 0.819. The van der Waals surface area contributed by atoms with Gasteiger partial charge in [0, 0.05) is 25.5 Å². The lowest BCUT2D eigenvalue weighted by Crippen LogP contribution is -2.29. The number of benzene rings is 2. The van der Waals surface area contributed by atoms with E-state index in [0.717, 1.165) is 18.4 Å². The van der Waals surface area contributed by atoms with Crippen LogP contribution in [0.15, 0.2) is 54.6 Å². The van der Waals surface area contributed by atoms with Crippen LogP contribution in [-0.2, 0) is 20.7 Å². The van der Waals surface area contributed by atoms with Crippen molar-refractivity contribution >= 4 is 17.9 Å². The first-order valence-electron chi connectivity index (χ1n) is 8.26. The van der Waals surface area contributed by atoms with E-state index in [0.29, 0.717) is 24.9 Å². The molecule has 0 spiro atoms. The molecular formula is C20H23NO3. The second-order valence-corrected chi connectivity index (χ2v) is 6.07. The molecule has 0 aromatic heterocycles. The molecule has 2 aromatic carbocycles. The Morgan fingerprint density at radius 3 is 2.62 bits per heavy atom. The van der Waals surface area contributed by atoms with Crippen molar-refractivity contribution < 1.29 is 15.8 Å². The monoisotopic (exact) mass is 325 g/mol. The molecule has 0 aliphatic carbocycles. The third kappa shape index (κ3) is 4.09. The van der Waals surface area contributed by atoms with Gasteiger partial charge < -0.3 is 10.1 Å². The fourth-order valence-corrected chi connectivity index (χ4v) is 3.17. The van der Waals surface area contributed by atoms with E-state index < -0.39 is 0 Å². The summed E-state index contributed by atoms with van der Waals surface area (Å²) in [5, 5.41) is 2.69. The van der Waals surface area contributed by atoms with Crippen LogP contribution in [0.25, 0.3) is 0 Å². The standard InChI is InChI=1S/C20H21NO3.H2/c22-14-21-19-9-5-4-8-18(19)20-13-16(23)12-17(24-20)11-10-15-6-2-1-3-7-15;/h1-9,14,17,20H,10-13H2,(H,21,22);1H/t17-,20+;/m1./s1. The topological polar surface area (TPSA) is 55.4 Å². The molecule has 1 saturated heterocycles. The van der Waals surface area contributed by atoms with E-state index in [1.807, 2.05) is 42.5 Å². The zero-order valence-electron chi connectivity index (χ0n) is 13.5. The molecule has 24 heavy (non-hydrogen) atoms. The summed E-state index contributed by atoms with van der Waals surface area (Å²) < 4.78 is 6.17. The highest BCUT2D eigenvalue weighted by atomic mass is 16.5. The normalized spacial score (nSPS) is 20.6. The Bertz CT molecular complexity index is 705. The fraction of sp³-hybridized carbons (Fsp3) is 0.300. The molecule has 1 aliphatic rings. The van der Waals surface area contributed by atoms with Crippen LogP contribution in [0.2, 0.25) is 0 Å². The highest BCUT2D eigenvalue weighted by molar-refractivity contribution is 5.81. The summed E-state index contributed by atoms with van der Waals surface area (Å²) in [5.41, 5.74) is 2.81. The second kappa shape index (κ2) is 7.88. The van der Waals surface area contributed by atoms with Gasteiger partial charge in [0.25, 0.3) is 0 Å². The Morgan fingerprint density at radius 2 is 1.83 bits per heavy atom. The number of carbonyl (C=O) groups is 2. The number of rotatable bonds is 6. The van der Waals surface area contributed by atoms with Gasteiger partial charge in [-0.05, 0) is 24.5 Å². The summed E-state index contributed by atoms with van der Waals surface area (Å²) in [4.78, 5) is 22.9. The molecule has 4 heteroatoms. The van der Waals surface area contributed by atoms with Crippen molar-refractivity contribution in [2.75, 3.05) is 5.32 Å². The van der Waals surface area contributed by atoms with Gasteiger partial charge in [-0.15, -0.1) is 0 Å². The molecule has 4 nitrogen and oxygen atoms in total. The lowest BCUT2D eigenvalue weighted by molar-refractivity contribution is -0.136. The van der Waals surface area contributed by atoms with E-state index in [-0.39, 0.29) is 19.4 Å². The summed E-state index contributed by atoms with van der Waals surface area (Å²) in [7, 11) is 0. The molecule has 126 valence electrons. The maximum atomic E-state index is 12.2. The Kier molecular flexibility index (Phi) is 5.39. The molecule has 1 aliphatic heterocycles. The van der Waals surface area contributed by atoms with Gasteiger partial charge in [0.2, 0.25) is 6.41 Å². The lowest BCUT2D eigenvalue weighted by atomic mass is 9.93. The Labute approximate surface area is 143 Å². The molecule has 1 heterocycles. The Hall–Kier alpha value is -2.46. The number of carbonyl (C=O) groups excluding carboxylic acids is 2. The highest BCUT2D eigenvalue weighted by Crippen LogP contribution is 2.34. The number of nitrogens with one attached hydrogen (secondary N) is 1. The van der Waals surface area contributed by atoms with Crippen molar-refractivity contribution in [3.63, 3.8) is 0 Å². The number of hydrogen-bond donors (Lipinski definition) is 1. The molecule has 0 radical (unpaired) electrons. The molecule has 3 rings (SSSR count). The Balaban J connectivity index is 0.00000225. The van der Waals surface area contributed by atoms with Crippen LogP contribution in [0, 0.1) is 0 Å². The SMILES string of the molecule is O=CNc1ccccc1[C@@H]1CC(=O)C[C@@H](CCc2ccccc2)O1.[HH]. The van der Waals surface area contributed by atoms with Crippen LogP contribution in [-0.4, -0.2) is 18.3 Å². The predicted molar refractivity (Wildman–Crippen MR) is 94.9 cm³/mol. The number of hydrogen-bond acceptors (Lipinski definition) is 3. The van der Waals surface area contributed by atoms with Crippen molar-refractivity contribution in [2.24, 2.45) is 0 Å². The van der Waals surface area contributed by atoms with Crippen molar-refractivity contribution in [2.45, 2.75) is 37.9 Å². The maximum Gasteiger partial charge on any atom is 0.211 e. The predicted octanol–water partition coefficient (Wildman–Crippen LogP) is 3.92. The molecule has 1 fully saturated rings. The van der Waals surface area contributed by atoms with E-state index in [4.69, 9.17) is 4.74 Å². The van der Waals surface area contributed by atoms with E-state index in [2.05, 4.69) is 17.4 Å². The molecule has 1 N–H and O–H groups in total. The van der Waals surface area contributed by atoms with Crippen LogP contribution >= 0.6 is 0 Å². The van der Waals surface area contributed by atoms with Gasteiger partial charge in [-0.3, -0.25) is 9.59 Å². The number of anilines is 1. The minimum absolute atomic E-state index is 0. The summed E-state index contributed by atoms with van der Waals surface area (Å²) in [5.74, 6) is 0.213. The van der Waals surface area contributed by atoms with Crippen LogP contribution < -0.4 is 5.32 Å². The largest absolute Gasteiger partial charge is 0.369 e. The molecular weight excluding hydrogens is 302 g/mol. The number of amides is 1. The van der Waals surface area contributed by atoms with E-state index in [1.54, 1.807) is 0 Å². The molecule has 0 bridgehead atoms. The zero-order valence-corrected chi connectivity index (χ0v) is 13.5. The smallest absolute Gasteiger partial charge is 0.211 e. The molecule has 0 unspecified atom stereocenters. The van der Waals surface area contributed by atoms with Crippen LogP contribution in [0.1, 0.15) is 37.9 Å². The van der Waals surface area contributed by atoms with Crippen molar-refractivity contribution in [3.8, 4) is 0 Å². The third-order valence-electron chi connectivity index (χ3n) is 4.35. The van der Waals surface area contributed by atoms with Gasteiger partial charge in [-0.25, -0.2) is 0 Å². The first kappa shape index (κ1) is 16.4. The highest BCUT2D eigenvalue weighted by Gasteiger charge is 2.30. The summed E-state index contributed by atoms with van der Waals surface area (Å²) >= 11 is 0. The minimum Gasteiger partial charge on any atom is -0.369 e. The average Bonchev–Trinajstić information content (AvgIpc) is 2.61. The zero-order chi connectivity index (χ0) is 16.8. The lowest BCUT2D eigenvalue weighted by Gasteiger charge is -2.30. The number of ketones is 1. The first-order valence-corrected chi connectivity index (χ1v) is 8.26. The first-order chi connectivity index (χ1) is 11.8. The molecule has 2 atom stereocenters. The Morgan fingerprint density at radius 1 is 1.08 bits per heavy atom. The van der Waals surface area contributed by atoms with Crippen molar-refractivity contribution in [3.05, 3.63) is 65.7 Å². The van der Waals surface area contributed by atoms with Crippen LogP contribution in [0.5, 0.6) is 0 Å². The number of aryl methyl sites for hydroxylation is 1. The average molecular weight is 325 g/mol. The van der Waals surface area contributed by atoms with E-state index >= 15 is 0 Å². The van der Waals surface area contributed by atoms with Gasteiger partial charge in [0.05, 0.1) is 12.2 Å². The van der Waals surface area contributed by atoms with Gasteiger partial charge in [-0.2, -0.15) is 0 Å². The third-order valence-corrected chi connectivity index (χ3v) is 4.35. The van der Waals surface area contributed by atoms with Crippen molar-refractivity contribution in [1.82, 2.24) is 0 Å². The van der Waals surface area contributed by atoms with Gasteiger partial charge in [-0.1, -0.05) is 48.5 Å². The number of para-hydroxylation sites is 1. The van der Waals surface area contributed by atoms with E-state index in [9.17, 15) is 9.59 Å². The van der Waals surface area contributed by atoms with Gasteiger partial charge >= 0.3 is 0 Å². The molecule has 2 aromatic rings.